The quantitative estimate of drug-likeness (QED) is 0.859. The Labute approximate surface area is 131 Å². The molecule has 0 saturated carbocycles. The van der Waals surface area contributed by atoms with Crippen molar-refractivity contribution < 1.29 is 9.53 Å². The second-order valence-electron chi connectivity index (χ2n) is 5.12. The van der Waals surface area contributed by atoms with Crippen molar-refractivity contribution >= 4 is 11.5 Å². The summed E-state index contributed by atoms with van der Waals surface area (Å²) < 4.78 is 5.18. The summed E-state index contributed by atoms with van der Waals surface area (Å²) >= 11 is 0. The van der Waals surface area contributed by atoms with Gasteiger partial charge in [0.25, 0.3) is 0 Å². The monoisotopic (exact) mass is 295 g/mol. The third kappa shape index (κ3) is 3.98. The van der Waals surface area contributed by atoms with Crippen LogP contribution in [0.3, 0.4) is 0 Å². The zero-order valence-corrected chi connectivity index (χ0v) is 13.2. The summed E-state index contributed by atoms with van der Waals surface area (Å²) in [7, 11) is 3.29. The number of methoxy groups -OCH3 is 1. The zero-order valence-electron chi connectivity index (χ0n) is 13.2. The van der Waals surface area contributed by atoms with Gasteiger partial charge in [-0.15, -0.1) is 0 Å². The van der Waals surface area contributed by atoms with Crippen LogP contribution < -0.4 is 10.1 Å². The summed E-state index contributed by atoms with van der Waals surface area (Å²) in [5.74, 6) is 0.739. The van der Waals surface area contributed by atoms with Crippen molar-refractivity contribution in [1.82, 2.24) is 5.32 Å². The number of carbonyl (C=O) groups excluding carboxylic acids is 1. The number of carbonyl (C=O) groups is 1. The molecule has 114 valence electrons. The van der Waals surface area contributed by atoms with Crippen molar-refractivity contribution in [2.75, 3.05) is 14.2 Å². The molecular weight excluding hydrogens is 274 g/mol. The van der Waals surface area contributed by atoms with Crippen LogP contribution in [0.4, 0.5) is 0 Å². The minimum absolute atomic E-state index is 0.0910. The van der Waals surface area contributed by atoms with Crippen LogP contribution in [-0.4, -0.2) is 20.1 Å². The van der Waals surface area contributed by atoms with Crippen LogP contribution in [-0.2, 0) is 11.2 Å². The Morgan fingerprint density at radius 2 is 1.82 bits per heavy atom. The maximum atomic E-state index is 11.8. The lowest BCUT2D eigenvalue weighted by molar-refractivity contribution is -0.116. The van der Waals surface area contributed by atoms with Gasteiger partial charge >= 0.3 is 0 Å². The lowest BCUT2D eigenvalue weighted by Gasteiger charge is -2.11. The smallest absolute Gasteiger partial charge is 0.244 e. The first-order valence-electron chi connectivity index (χ1n) is 7.25. The van der Waals surface area contributed by atoms with Gasteiger partial charge in [-0.05, 0) is 47.7 Å². The highest BCUT2D eigenvalue weighted by molar-refractivity contribution is 5.95. The standard InChI is InChI=1S/C19H21NO2/c1-14-6-4-5-7-18(14)16(13-19(21)20-2)12-15-8-10-17(22-3)11-9-15/h4-11,13H,12H2,1-3H3,(H,20,21). The van der Waals surface area contributed by atoms with E-state index in [1.165, 1.54) is 0 Å². The maximum absolute atomic E-state index is 11.8. The Morgan fingerprint density at radius 3 is 2.41 bits per heavy atom. The lowest BCUT2D eigenvalue weighted by atomic mass is 9.94. The largest absolute Gasteiger partial charge is 0.497 e. The first kappa shape index (κ1) is 15.8. The molecule has 2 aromatic rings. The summed E-state index contributed by atoms with van der Waals surface area (Å²) in [6.45, 7) is 2.06. The maximum Gasteiger partial charge on any atom is 0.244 e. The SMILES string of the molecule is CNC(=O)C=C(Cc1ccc(OC)cc1)c1ccccc1C. The molecule has 0 spiro atoms. The molecule has 0 aliphatic carbocycles. The van der Waals surface area contributed by atoms with Crippen LogP contribution in [0.25, 0.3) is 5.57 Å². The number of likely N-dealkylation sites (N-methyl/N-ethyl adjacent to an activating group) is 1. The van der Waals surface area contributed by atoms with E-state index in [1.54, 1.807) is 20.2 Å². The normalized spacial score (nSPS) is 11.1. The summed E-state index contributed by atoms with van der Waals surface area (Å²) in [4.78, 5) is 11.8. The van der Waals surface area contributed by atoms with Gasteiger partial charge in [-0.2, -0.15) is 0 Å². The number of hydrogen-bond donors (Lipinski definition) is 1. The molecule has 1 N–H and O–H groups in total. The van der Waals surface area contributed by atoms with Crippen LogP contribution in [0.5, 0.6) is 5.75 Å². The molecule has 1 amide bonds. The van der Waals surface area contributed by atoms with E-state index in [-0.39, 0.29) is 5.91 Å². The number of allylic oxidation sites excluding steroid dienone is 1. The Kier molecular flexibility index (Phi) is 5.37. The van der Waals surface area contributed by atoms with Gasteiger partial charge in [-0.3, -0.25) is 4.79 Å². The number of aryl methyl sites for hydroxylation is 1. The molecule has 0 heterocycles. The van der Waals surface area contributed by atoms with Crippen molar-refractivity contribution in [3.8, 4) is 5.75 Å². The van der Waals surface area contributed by atoms with Crippen LogP contribution in [0.15, 0.2) is 54.6 Å². The fourth-order valence-corrected chi connectivity index (χ4v) is 2.35. The van der Waals surface area contributed by atoms with Crippen molar-refractivity contribution in [2.45, 2.75) is 13.3 Å². The third-order valence-corrected chi connectivity index (χ3v) is 3.60. The van der Waals surface area contributed by atoms with Gasteiger partial charge in [0.1, 0.15) is 5.75 Å². The molecule has 0 unspecified atom stereocenters. The minimum atomic E-state index is -0.0910. The van der Waals surface area contributed by atoms with Crippen molar-refractivity contribution in [1.29, 1.82) is 0 Å². The van der Waals surface area contributed by atoms with Gasteiger partial charge in [0.05, 0.1) is 7.11 Å². The molecule has 0 bridgehead atoms. The van der Waals surface area contributed by atoms with Gasteiger partial charge in [0.15, 0.2) is 0 Å². The third-order valence-electron chi connectivity index (χ3n) is 3.60. The molecule has 0 aliphatic heterocycles. The van der Waals surface area contributed by atoms with E-state index in [0.29, 0.717) is 6.42 Å². The molecule has 0 radical (unpaired) electrons. The zero-order chi connectivity index (χ0) is 15.9. The van der Waals surface area contributed by atoms with E-state index < -0.39 is 0 Å². The number of rotatable bonds is 5. The average Bonchev–Trinajstić information content (AvgIpc) is 2.55. The van der Waals surface area contributed by atoms with Crippen molar-refractivity contribution in [2.24, 2.45) is 0 Å². The lowest BCUT2D eigenvalue weighted by Crippen LogP contribution is -2.15. The summed E-state index contributed by atoms with van der Waals surface area (Å²) in [6, 6.07) is 16.0. The van der Waals surface area contributed by atoms with E-state index in [4.69, 9.17) is 4.74 Å². The van der Waals surface area contributed by atoms with Crippen molar-refractivity contribution in [3.05, 3.63) is 71.3 Å². The Balaban J connectivity index is 2.34. The van der Waals surface area contributed by atoms with E-state index >= 15 is 0 Å². The van der Waals surface area contributed by atoms with Gasteiger partial charge < -0.3 is 10.1 Å². The number of benzene rings is 2. The molecule has 0 aliphatic rings. The van der Waals surface area contributed by atoms with Crippen LogP contribution in [0.1, 0.15) is 16.7 Å². The first-order valence-corrected chi connectivity index (χ1v) is 7.25. The van der Waals surface area contributed by atoms with Gasteiger partial charge in [-0.25, -0.2) is 0 Å². The Hall–Kier alpha value is -2.55. The Bertz CT molecular complexity index is 672. The number of nitrogens with one attached hydrogen (secondary N) is 1. The summed E-state index contributed by atoms with van der Waals surface area (Å²) in [5, 5.41) is 2.65. The second-order valence-corrected chi connectivity index (χ2v) is 5.12. The molecule has 0 atom stereocenters. The first-order chi connectivity index (χ1) is 10.6. The molecule has 22 heavy (non-hydrogen) atoms. The highest BCUT2D eigenvalue weighted by Crippen LogP contribution is 2.24. The highest BCUT2D eigenvalue weighted by atomic mass is 16.5. The molecular formula is C19H21NO2. The van der Waals surface area contributed by atoms with Gasteiger partial charge in [0.2, 0.25) is 5.91 Å². The minimum Gasteiger partial charge on any atom is -0.497 e. The fraction of sp³-hybridized carbons (Fsp3) is 0.211. The van der Waals surface area contributed by atoms with Gasteiger partial charge in [-0.1, -0.05) is 36.4 Å². The topological polar surface area (TPSA) is 38.3 Å². The van der Waals surface area contributed by atoms with Crippen LogP contribution in [0.2, 0.25) is 0 Å². The fourth-order valence-electron chi connectivity index (χ4n) is 2.35. The number of ether oxygens (including phenoxy) is 1. The Morgan fingerprint density at radius 1 is 1.14 bits per heavy atom. The van der Waals surface area contributed by atoms with E-state index in [9.17, 15) is 4.79 Å². The molecule has 0 saturated heterocycles. The summed E-state index contributed by atoms with van der Waals surface area (Å²) in [6.07, 6.45) is 2.37. The van der Waals surface area contributed by atoms with E-state index in [2.05, 4.69) is 18.3 Å². The van der Waals surface area contributed by atoms with Crippen LogP contribution in [0, 0.1) is 6.92 Å². The molecule has 3 nitrogen and oxygen atoms in total. The van der Waals surface area contributed by atoms with E-state index in [1.807, 2.05) is 42.5 Å². The number of hydrogen-bond acceptors (Lipinski definition) is 2. The predicted octanol–water partition coefficient (Wildman–Crippen LogP) is 3.38. The number of amides is 1. The second kappa shape index (κ2) is 7.46. The molecule has 0 fully saturated rings. The molecule has 3 heteroatoms. The van der Waals surface area contributed by atoms with Crippen molar-refractivity contribution in [3.63, 3.8) is 0 Å². The van der Waals surface area contributed by atoms with Gasteiger partial charge in [0, 0.05) is 13.1 Å². The molecule has 2 rings (SSSR count). The van der Waals surface area contributed by atoms with Crippen LogP contribution >= 0.6 is 0 Å². The highest BCUT2D eigenvalue weighted by Gasteiger charge is 2.08. The summed E-state index contributed by atoms with van der Waals surface area (Å²) in [5.41, 5.74) is 4.40. The molecule has 2 aromatic carbocycles. The predicted molar refractivity (Wildman–Crippen MR) is 89.9 cm³/mol. The molecule has 0 aromatic heterocycles. The average molecular weight is 295 g/mol. The van der Waals surface area contributed by atoms with E-state index in [0.717, 1.165) is 28.0 Å².